The first-order chi connectivity index (χ1) is 6.20. The number of thioether (sulfide) groups is 1. The first-order valence-corrected chi connectivity index (χ1v) is 5.65. The van der Waals surface area contributed by atoms with Crippen LogP contribution in [-0.4, -0.2) is 28.4 Å². The van der Waals surface area contributed by atoms with Crippen LogP contribution in [0.2, 0.25) is 0 Å². The molecule has 0 aliphatic carbocycles. The van der Waals surface area contributed by atoms with E-state index in [0.29, 0.717) is 5.56 Å². The Morgan fingerprint density at radius 3 is 2.77 bits per heavy atom. The van der Waals surface area contributed by atoms with Crippen LogP contribution in [0, 0.1) is 0 Å². The van der Waals surface area contributed by atoms with E-state index in [4.69, 9.17) is 5.11 Å². The van der Waals surface area contributed by atoms with Crippen LogP contribution in [0.3, 0.4) is 0 Å². The van der Waals surface area contributed by atoms with Gasteiger partial charge in [-0.2, -0.15) is 11.3 Å². The molecule has 0 atom stereocenters. The van der Waals surface area contributed by atoms with Crippen molar-refractivity contribution in [3.05, 3.63) is 22.4 Å². The molecule has 0 saturated carbocycles. The van der Waals surface area contributed by atoms with E-state index in [-0.39, 0.29) is 17.3 Å². The number of carbonyl (C=O) groups excluding carboxylic acids is 1. The lowest BCUT2D eigenvalue weighted by Gasteiger charge is -1.95. The molecule has 0 saturated heterocycles. The van der Waals surface area contributed by atoms with Crippen LogP contribution >= 0.6 is 23.1 Å². The van der Waals surface area contributed by atoms with E-state index in [2.05, 4.69) is 0 Å². The van der Waals surface area contributed by atoms with E-state index < -0.39 is 5.97 Å². The van der Waals surface area contributed by atoms with Crippen LogP contribution in [0.15, 0.2) is 16.8 Å². The molecule has 0 aromatic carbocycles. The second-order valence-electron chi connectivity index (χ2n) is 2.32. The van der Waals surface area contributed by atoms with Gasteiger partial charge in [0.15, 0.2) is 5.78 Å². The molecular weight excluding hydrogens is 208 g/mol. The van der Waals surface area contributed by atoms with Crippen LogP contribution in [0.25, 0.3) is 0 Å². The molecule has 70 valence electrons. The van der Waals surface area contributed by atoms with Crippen LogP contribution < -0.4 is 0 Å². The summed E-state index contributed by atoms with van der Waals surface area (Å²) in [7, 11) is 0. The normalized spacial score (nSPS) is 9.85. The summed E-state index contributed by atoms with van der Waals surface area (Å²) in [6.45, 7) is 0. The Morgan fingerprint density at radius 1 is 1.46 bits per heavy atom. The fraction of sp³-hybridized carbons (Fsp3) is 0.250. The molecule has 0 bridgehead atoms. The number of aliphatic carboxylic acids is 1. The van der Waals surface area contributed by atoms with Gasteiger partial charge in [-0.3, -0.25) is 9.59 Å². The standard InChI is InChI=1S/C8H8O3S2/c9-7(4-13-5-8(10)11)6-1-2-12-3-6/h1-3H,4-5H2,(H,10,11). The first-order valence-electron chi connectivity index (χ1n) is 3.55. The van der Waals surface area contributed by atoms with E-state index in [0.717, 1.165) is 11.8 Å². The van der Waals surface area contributed by atoms with Gasteiger partial charge in [-0.25, -0.2) is 0 Å². The van der Waals surface area contributed by atoms with Gasteiger partial charge >= 0.3 is 5.97 Å². The molecule has 0 aliphatic heterocycles. The zero-order chi connectivity index (χ0) is 9.68. The van der Waals surface area contributed by atoms with Gasteiger partial charge < -0.3 is 5.11 Å². The number of Topliss-reactive ketones (excluding diaryl/α,β-unsaturated/α-hetero) is 1. The maximum atomic E-state index is 11.3. The quantitative estimate of drug-likeness (QED) is 0.762. The molecular formula is C8H8O3S2. The van der Waals surface area contributed by atoms with Gasteiger partial charge in [-0.15, -0.1) is 11.8 Å². The predicted molar refractivity (Wildman–Crippen MR) is 53.6 cm³/mol. The minimum absolute atomic E-state index is 0.00694. The van der Waals surface area contributed by atoms with Gasteiger partial charge in [0.2, 0.25) is 0 Å². The first kappa shape index (κ1) is 10.3. The lowest BCUT2D eigenvalue weighted by molar-refractivity contribution is -0.133. The SMILES string of the molecule is O=C(O)CSCC(=O)c1ccsc1. The molecule has 0 aliphatic rings. The molecule has 5 heteroatoms. The summed E-state index contributed by atoms with van der Waals surface area (Å²) in [5, 5.41) is 11.9. The van der Waals surface area contributed by atoms with Crippen molar-refractivity contribution >= 4 is 34.9 Å². The van der Waals surface area contributed by atoms with E-state index in [1.807, 2.05) is 5.38 Å². The summed E-state index contributed by atoms with van der Waals surface area (Å²) >= 11 is 2.58. The summed E-state index contributed by atoms with van der Waals surface area (Å²) in [5.74, 6) is -0.672. The minimum Gasteiger partial charge on any atom is -0.481 e. The van der Waals surface area contributed by atoms with Gasteiger partial charge in [0.1, 0.15) is 0 Å². The molecule has 1 rings (SSSR count). The molecule has 0 unspecified atom stereocenters. The largest absolute Gasteiger partial charge is 0.481 e. The summed E-state index contributed by atoms with van der Waals surface area (Å²) in [4.78, 5) is 21.4. The Balaban J connectivity index is 2.31. The lowest BCUT2D eigenvalue weighted by atomic mass is 10.2. The van der Waals surface area contributed by atoms with E-state index in [1.54, 1.807) is 11.4 Å². The van der Waals surface area contributed by atoms with Crippen molar-refractivity contribution in [2.45, 2.75) is 0 Å². The minimum atomic E-state index is -0.886. The molecule has 3 nitrogen and oxygen atoms in total. The molecule has 0 fully saturated rings. The maximum Gasteiger partial charge on any atom is 0.313 e. The van der Waals surface area contributed by atoms with E-state index in [9.17, 15) is 9.59 Å². The van der Waals surface area contributed by atoms with Crippen LogP contribution in [-0.2, 0) is 4.79 Å². The number of carboxylic acids is 1. The predicted octanol–water partition coefficient (Wildman–Crippen LogP) is 1.75. The summed E-state index contributed by atoms with van der Waals surface area (Å²) in [6, 6.07) is 1.74. The molecule has 0 radical (unpaired) electrons. The third-order valence-corrected chi connectivity index (χ3v) is 2.90. The number of carboxylic acid groups (broad SMARTS) is 1. The van der Waals surface area contributed by atoms with Crippen molar-refractivity contribution in [3.63, 3.8) is 0 Å². The maximum absolute atomic E-state index is 11.3. The zero-order valence-corrected chi connectivity index (χ0v) is 8.36. The second-order valence-corrected chi connectivity index (χ2v) is 4.09. The van der Waals surface area contributed by atoms with Gasteiger partial charge in [0.05, 0.1) is 11.5 Å². The topological polar surface area (TPSA) is 54.4 Å². The highest BCUT2D eigenvalue weighted by molar-refractivity contribution is 8.00. The smallest absolute Gasteiger partial charge is 0.313 e. The summed E-state index contributed by atoms with van der Waals surface area (Å²) < 4.78 is 0. The third-order valence-electron chi connectivity index (χ3n) is 1.30. The molecule has 1 heterocycles. The Morgan fingerprint density at radius 2 is 2.23 bits per heavy atom. The fourth-order valence-electron chi connectivity index (χ4n) is 0.738. The van der Waals surface area contributed by atoms with Gasteiger partial charge in [0, 0.05) is 10.9 Å². The Bertz CT molecular complexity index is 292. The average Bonchev–Trinajstić information content (AvgIpc) is 2.55. The van der Waals surface area contributed by atoms with E-state index in [1.165, 1.54) is 11.3 Å². The van der Waals surface area contributed by atoms with Crippen LogP contribution in [0.1, 0.15) is 10.4 Å². The van der Waals surface area contributed by atoms with E-state index >= 15 is 0 Å². The van der Waals surface area contributed by atoms with Gasteiger partial charge in [-0.05, 0) is 11.4 Å². The summed E-state index contributed by atoms with van der Waals surface area (Å²) in [5.41, 5.74) is 0.669. The Labute approximate surface area is 83.8 Å². The number of hydrogen-bond donors (Lipinski definition) is 1. The lowest BCUT2D eigenvalue weighted by Crippen LogP contribution is -2.05. The highest BCUT2D eigenvalue weighted by Gasteiger charge is 2.06. The van der Waals surface area contributed by atoms with Crippen molar-refractivity contribution < 1.29 is 14.7 Å². The average molecular weight is 216 g/mol. The number of thiophene rings is 1. The van der Waals surface area contributed by atoms with Crippen LogP contribution in [0.5, 0.6) is 0 Å². The van der Waals surface area contributed by atoms with Crippen molar-refractivity contribution in [3.8, 4) is 0 Å². The molecule has 0 amide bonds. The number of hydrogen-bond acceptors (Lipinski definition) is 4. The van der Waals surface area contributed by atoms with Crippen LogP contribution in [0.4, 0.5) is 0 Å². The van der Waals surface area contributed by atoms with Crippen molar-refractivity contribution in [1.29, 1.82) is 0 Å². The zero-order valence-electron chi connectivity index (χ0n) is 6.73. The Hall–Kier alpha value is -0.810. The molecule has 1 aromatic rings. The van der Waals surface area contributed by atoms with Crippen molar-refractivity contribution in [2.75, 3.05) is 11.5 Å². The summed E-state index contributed by atoms with van der Waals surface area (Å²) in [6.07, 6.45) is 0. The number of ketones is 1. The van der Waals surface area contributed by atoms with Gasteiger partial charge in [0.25, 0.3) is 0 Å². The molecule has 1 N–H and O–H groups in total. The van der Waals surface area contributed by atoms with Gasteiger partial charge in [-0.1, -0.05) is 0 Å². The molecule has 13 heavy (non-hydrogen) atoms. The highest BCUT2D eigenvalue weighted by atomic mass is 32.2. The number of rotatable bonds is 5. The fourth-order valence-corrected chi connectivity index (χ4v) is 2.03. The monoisotopic (exact) mass is 216 g/mol. The second kappa shape index (κ2) is 5.04. The van der Waals surface area contributed by atoms with Crippen molar-refractivity contribution in [1.82, 2.24) is 0 Å². The Kier molecular flexibility index (Phi) is 3.98. The molecule has 1 aromatic heterocycles. The van der Waals surface area contributed by atoms with Crippen molar-refractivity contribution in [2.24, 2.45) is 0 Å². The third kappa shape index (κ3) is 3.61. The number of carbonyl (C=O) groups is 2. The molecule has 0 spiro atoms. The highest BCUT2D eigenvalue weighted by Crippen LogP contribution is 2.10.